The van der Waals surface area contributed by atoms with Gasteiger partial charge in [-0.05, 0) is 41.7 Å². The molecular weight excluding hydrogens is 390 g/mol. The number of piperazine rings is 1. The highest BCUT2D eigenvalue weighted by molar-refractivity contribution is 5.92. The molecule has 1 aromatic heterocycles. The van der Waals surface area contributed by atoms with Crippen LogP contribution in [0.3, 0.4) is 0 Å². The van der Waals surface area contributed by atoms with Gasteiger partial charge in [-0.1, -0.05) is 24.3 Å². The number of aromatic nitrogens is 1. The van der Waals surface area contributed by atoms with Gasteiger partial charge in [-0.25, -0.2) is 0 Å². The van der Waals surface area contributed by atoms with E-state index >= 15 is 0 Å². The fraction of sp³-hybridized carbons (Fsp3) is 0.440. The Hall–Kier alpha value is -2.70. The molecule has 2 saturated heterocycles. The van der Waals surface area contributed by atoms with Crippen LogP contribution in [0.2, 0.25) is 0 Å². The van der Waals surface area contributed by atoms with Gasteiger partial charge in [0.1, 0.15) is 5.60 Å². The number of anilines is 1. The molecule has 6 nitrogen and oxygen atoms in total. The van der Waals surface area contributed by atoms with Crippen molar-refractivity contribution in [2.24, 2.45) is 5.92 Å². The number of hydrogen-bond acceptors (Lipinski definition) is 5. The van der Waals surface area contributed by atoms with E-state index in [0.29, 0.717) is 25.0 Å². The smallest absolute Gasteiger partial charge is 0.225 e. The Balaban J connectivity index is 1.20. The minimum Gasteiger partial charge on any atom is -0.380 e. The number of ether oxygens (including phenoxy) is 1. The molecule has 3 fully saturated rings. The topological polar surface area (TPSA) is 65.9 Å². The lowest BCUT2D eigenvalue weighted by molar-refractivity contribution is -0.184. The number of pyridine rings is 1. The average Bonchev–Trinajstić information content (AvgIpc) is 3.55. The maximum absolute atomic E-state index is 12.4. The Morgan fingerprint density at radius 3 is 2.45 bits per heavy atom. The monoisotopic (exact) mass is 417 g/mol. The van der Waals surface area contributed by atoms with E-state index in [9.17, 15) is 9.90 Å². The van der Waals surface area contributed by atoms with Crippen molar-refractivity contribution in [2.45, 2.75) is 24.9 Å². The Morgan fingerprint density at radius 1 is 1.06 bits per heavy atom. The van der Waals surface area contributed by atoms with Gasteiger partial charge in [0.15, 0.2) is 0 Å². The second-order valence-electron chi connectivity index (χ2n) is 9.23. The number of benzene rings is 1. The van der Waals surface area contributed by atoms with Crippen LogP contribution in [0.15, 0.2) is 36.5 Å². The number of carbonyl (C=O) groups is 1. The molecule has 0 radical (unpaired) electrons. The molecule has 6 heteroatoms. The van der Waals surface area contributed by atoms with Crippen molar-refractivity contribution in [3.05, 3.63) is 58.9 Å². The molecule has 2 aliphatic heterocycles. The van der Waals surface area contributed by atoms with Gasteiger partial charge in [0.05, 0.1) is 18.9 Å². The quantitative estimate of drug-likeness (QED) is 0.828. The molecule has 0 bridgehead atoms. The zero-order valence-corrected chi connectivity index (χ0v) is 17.6. The fourth-order valence-corrected chi connectivity index (χ4v) is 4.88. The summed E-state index contributed by atoms with van der Waals surface area (Å²) in [4.78, 5) is 21.4. The molecule has 1 saturated carbocycles. The average molecular weight is 418 g/mol. The molecule has 3 heterocycles. The Bertz CT molecular complexity index is 1050. The highest BCUT2D eigenvalue weighted by Crippen LogP contribution is 2.38. The van der Waals surface area contributed by atoms with E-state index in [-0.39, 0.29) is 0 Å². The third-order valence-corrected chi connectivity index (χ3v) is 7.06. The van der Waals surface area contributed by atoms with Crippen LogP contribution in [-0.4, -0.2) is 60.3 Å². The Labute approximate surface area is 182 Å². The number of amides is 1. The molecule has 1 amide bonds. The number of hydrogen-bond donors (Lipinski definition) is 1. The Morgan fingerprint density at radius 2 is 1.81 bits per heavy atom. The highest BCUT2D eigenvalue weighted by Gasteiger charge is 2.38. The predicted octanol–water partition coefficient (Wildman–Crippen LogP) is 2.45. The summed E-state index contributed by atoms with van der Waals surface area (Å²) in [5, 5.41) is 10.5. The first kappa shape index (κ1) is 19.0. The number of nitrogens with zero attached hydrogens (tertiary/aromatic N) is 3. The van der Waals surface area contributed by atoms with E-state index in [0.717, 1.165) is 62.3 Å². The van der Waals surface area contributed by atoms with Crippen LogP contribution in [0.5, 0.6) is 0 Å². The predicted molar refractivity (Wildman–Crippen MR) is 118 cm³/mol. The summed E-state index contributed by atoms with van der Waals surface area (Å²) in [5.41, 5.74) is 6.03. The molecule has 6 rings (SSSR count). The second kappa shape index (κ2) is 7.18. The number of fused-ring (bicyclic) bond motifs is 1. The number of carbonyl (C=O) groups excluding carboxylic acids is 1. The summed E-state index contributed by atoms with van der Waals surface area (Å²) >= 11 is 0. The van der Waals surface area contributed by atoms with E-state index in [2.05, 4.69) is 34.2 Å². The third kappa shape index (κ3) is 3.34. The van der Waals surface area contributed by atoms with E-state index < -0.39 is 5.60 Å². The van der Waals surface area contributed by atoms with Crippen molar-refractivity contribution < 1.29 is 14.6 Å². The summed E-state index contributed by atoms with van der Waals surface area (Å²) in [5.74, 6) is 0.648. The van der Waals surface area contributed by atoms with Gasteiger partial charge in [0.25, 0.3) is 0 Å². The van der Waals surface area contributed by atoms with E-state index in [1.807, 2.05) is 23.2 Å². The summed E-state index contributed by atoms with van der Waals surface area (Å²) < 4.78 is 5.17. The van der Waals surface area contributed by atoms with Gasteiger partial charge in [0, 0.05) is 56.0 Å². The lowest BCUT2D eigenvalue weighted by atomic mass is 9.90. The van der Waals surface area contributed by atoms with E-state index in [1.54, 1.807) is 0 Å². The van der Waals surface area contributed by atoms with Crippen LogP contribution in [0.4, 0.5) is 5.69 Å². The molecule has 1 aromatic carbocycles. The SMILES string of the molecule is O=C(C1CC1)N1CCN(c2ccnc3c2C=C(c2ccc(C4(O)COC4)cc2)C3)CC1. The summed E-state index contributed by atoms with van der Waals surface area (Å²) in [7, 11) is 0. The van der Waals surface area contributed by atoms with Gasteiger partial charge < -0.3 is 19.6 Å². The zero-order chi connectivity index (χ0) is 21.0. The van der Waals surface area contributed by atoms with E-state index in [4.69, 9.17) is 4.74 Å². The second-order valence-corrected chi connectivity index (χ2v) is 9.23. The standard InChI is InChI=1S/C25H27N3O3/c29-24(18-1-2-18)28-11-9-27(10-12-28)23-7-8-26-22-14-19(13-21(22)23)17-3-5-20(6-4-17)25(30)15-31-16-25/h3-8,13,18,30H,1-2,9-12,14-16H2. The molecule has 1 N–H and O–H groups in total. The summed E-state index contributed by atoms with van der Waals surface area (Å²) in [6.45, 7) is 4.08. The van der Waals surface area contributed by atoms with Gasteiger partial charge in [-0.15, -0.1) is 0 Å². The van der Waals surface area contributed by atoms with E-state index in [1.165, 1.54) is 16.8 Å². The third-order valence-electron chi connectivity index (χ3n) is 7.06. The molecule has 2 aromatic rings. The van der Waals surface area contributed by atoms with Crippen LogP contribution in [0.1, 0.15) is 35.2 Å². The molecule has 31 heavy (non-hydrogen) atoms. The van der Waals surface area contributed by atoms with Crippen molar-refractivity contribution in [1.82, 2.24) is 9.88 Å². The van der Waals surface area contributed by atoms with Crippen LogP contribution < -0.4 is 4.90 Å². The fourth-order valence-electron chi connectivity index (χ4n) is 4.88. The lowest BCUT2D eigenvalue weighted by Crippen LogP contribution is -2.49. The first-order valence-electron chi connectivity index (χ1n) is 11.2. The molecule has 2 aliphatic carbocycles. The maximum Gasteiger partial charge on any atom is 0.225 e. The molecule has 0 atom stereocenters. The van der Waals surface area contributed by atoms with Crippen LogP contribution >= 0.6 is 0 Å². The molecule has 0 spiro atoms. The van der Waals surface area contributed by atoms with Crippen molar-refractivity contribution in [3.63, 3.8) is 0 Å². The van der Waals surface area contributed by atoms with Crippen molar-refractivity contribution in [1.29, 1.82) is 0 Å². The van der Waals surface area contributed by atoms with Gasteiger partial charge in [-0.3, -0.25) is 9.78 Å². The summed E-state index contributed by atoms with van der Waals surface area (Å²) in [6, 6.07) is 10.3. The minimum atomic E-state index is -0.830. The van der Waals surface area contributed by atoms with Crippen molar-refractivity contribution >= 4 is 23.2 Å². The number of aliphatic hydroxyl groups is 1. The normalized spacial score (nSPS) is 22.0. The van der Waals surface area contributed by atoms with Crippen LogP contribution in [0, 0.1) is 5.92 Å². The molecule has 0 unspecified atom stereocenters. The van der Waals surface area contributed by atoms with Gasteiger partial charge in [-0.2, -0.15) is 0 Å². The van der Waals surface area contributed by atoms with Crippen molar-refractivity contribution in [3.8, 4) is 0 Å². The van der Waals surface area contributed by atoms with Crippen LogP contribution in [-0.2, 0) is 21.6 Å². The maximum atomic E-state index is 12.4. The van der Waals surface area contributed by atoms with Gasteiger partial charge in [0.2, 0.25) is 5.91 Å². The molecule has 4 aliphatic rings. The highest BCUT2D eigenvalue weighted by atomic mass is 16.5. The first-order chi connectivity index (χ1) is 15.1. The molecular formula is C25H27N3O3. The van der Waals surface area contributed by atoms with Crippen molar-refractivity contribution in [2.75, 3.05) is 44.3 Å². The zero-order valence-electron chi connectivity index (χ0n) is 17.6. The molecule has 160 valence electrons. The lowest BCUT2D eigenvalue weighted by Gasteiger charge is -2.37. The number of allylic oxidation sites excluding steroid dienone is 1. The summed E-state index contributed by atoms with van der Waals surface area (Å²) in [6.07, 6.45) is 7.12. The minimum absolute atomic E-state index is 0.297. The van der Waals surface area contributed by atoms with Crippen LogP contribution in [0.25, 0.3) is 11.6 Å². The Kier molecular flexibility index (Phi) is 4.40. The largest absolute Gasteiger partial charge is 0.380 e. The number of rotatable bonds is 4. The van der Waals surface area contributed by atoms with Gasteiger partial charge >= 0.3 is 0 Å². The first-order valence-corrected chi connectivity index (χ1v) is 11.2.